The summed E-state index contributed by atoms with van der Waals surface area (Å²) >= 11 is 0. The number of likely N-dealkylation sites (N-methyl/N-ethyl adjacent to an activating group) is 1. The van der Waals surface area contributed by atoms with Gasteiger partial charge in [-0.05, 0) is 30.2 Å². The van der Waals surface area contributed by atoms with Crippen LogP contribution >= 0.6 is 0 Å². The van der Waals surface area contributed by atoms with Crippen LogP contribution in [0.4, 0.5) is 9.18 Å². The summed E-state index contributed by atoms with van der Waals surface area (Å²) in [6.45, 7) is 2.32. The van der Waals surface area contributed by atoms with Gasteiger partial charge in [-0.15, -0.1) is 0 Å². The van der Waals surface area contributed by atoms with Gasteiger partial charge in [0.1, 0.15) is 5.82 Å². The Morgan fingerprint density at radius 1 is 1.11 bits per heavy atom. The fourth-order valence-corrected chi connectivity index (χ4v) is 3.75. The Kier molecular flexibility index (Phi) is 4.18. The molecule has 5 nitrogen and oxygen atoms in total. The van der Waals surface area contributed by atoms with E-state index in [0.717, 1.165) is 5.56 Å². The first-order chi connectivity index (χ1) is 13.0. The maximum Gasteiger partial charge on any atom is 0.322 e. The van der Waals surface area contributed by atoms with Crippen LogP contribution < -0.4 is 5.32 Å². The first kappa shape index (κ1) is 17.3. The summed E-state index contributed by atoms with van der Waals surface area (Å²) in [5.74, 6) is -0.537. The Morgan fingerprint density at radius 3 is 2.56 bits per heavy atom. The summed E-state index contributed by atoms with van der Waals surface area (Å²) in [5.41, 5.74) is 2.76. The molecular weight excluding hydrogens is 345 g/mol. The van der Waals surface area contributed by atoms with Crippen LogP contribution in [0.5, 0.6) is 0 Å². The van der Waals surface area contributed by atoms with Crippen LogP contribution in [0.15, 0.2) is 65.9 Å². The number of nitrogens with one attached hydrogen (secondary N) is 1. The van der Waals surface area contributed by atoms with Crippen LogP contribution in [0.3, 0.4) is 0 Å². The van der Waals surface area contributed by atoms with Gasteiger partial charge in [0.2, 0.25) is 0 Å². The molecule has 2 aliphatic heterocycles. The van der Waals surface area contributed by atoms with Gasteiger partial charge >= 0.3 is 6.03 Å². The molecule has 27 heavy (non-hydrogen) atoms. The van der Waals surface area contributed by atoms with E-state index in [-0.39, 0.29) is 18.0 Å². The minimum atomic E-state index is -0.653. The summed E-state index contributed by atoms with van der Waals surface area (Å²) < 4.78 is 13.7. The highest BCUT2D eigenvalue weighted by Crippen LogP contribution is 2.38. The molecular formula is C21H20FN3O2. The number of rotatable bonds is 3. The molecule has 0 unspecified atom stereocenters. The molecule has 2 aromatic carbocycles. The molecule has 0 bridgehead atoms. The van der Waals surface area contributed by atoms with Crippen molar-refractivity contribution >= 4 is 11.9 Å². The summed E-state index contributed by atoms with van der Waals surface area (Å²) in [6, 6.07) is 14.7. The minimum absolute atomic E-state index is 0.137. The molecule has 0 spiro atoms. The van der Waals surface area contributed by atoms with Gasteiger partial charge in [0.15, 0.2) is 0 Å². The molecule has 0 saturated heterocycles. The zero-order valence-corrected chi connectivity index (χ0v) is 15.1. The third kappa shape index (κ3) is 2.87. The average Bonchev–Trinajstić information content (AvgIpc) is 3.02. The Morgan fingerprint density at radius 2 is 1.85 bits per heavy atom. The van der Waals surface area contributed by atoms with E-state index in [0.29, 0.717) is 23.4 Å². The predicted octanol–water partition coefficient (Wildman–Crippen LogP) is 3.38. The lowest BCUT2D eigenvalue weighted by molar-refractivity contribution is -0.127. The van der Waals surface area contributed by atoms with Crippen molar-refractivity contribution in [3.63, 3.8) is 0 Å². The highest BCUT2D eigenvalue weighted by molar-refractivity contribution is 6.01. The second kappa shape index (κ2) is 6.54. The Balaban J connectivity index is 1.72. The van der Waals surface area contributed by atoms with Gasteiger partial charge in [0.25, 0.3) is 5.91 Å². The molecule has 138 valence electrons. The van der Waals surface area contributed by atoms with Crippen molar-refractivity contribution in [2.75, 3.05) is 13.6 Å². The van der Waals surface area contributed by atoms with Gasteiger partial charge in [-0.2, -0.15) is 0 Å². The van der Waals surface area contributed by atoms with Crippen LogP contribution in [0, 0.1) is 5.82 Å². The number of halogens is 1. The number of urea groups is 1. The van der Waals surface area contributed by atoms with E-state index in [1.807, 2.05) is 37.3 Å². The molecule has 0 aliphatic carbocycles. The molecule has 3 amide bonds. The van der Waals surface area contributed by atoms with E-state index in [4.69, 9.17) is 0 Å². The molecule has 4 rings (SSSR count). The molecule has 2 aromatic rings. The van der Waals surface area contributed by atoms with Crippen LogP contribution in [0.25, 0.3) is 0 Å². The summed E-state index contributed by atoms with van der Waals surface area (Å²) in [5, 5.41) is 2.83. The molecule has 0 aromatic heterocycles. The predicted molar refractivity (Wildman–Crippen MR) is 99.0 cm³/mol. The van der Waals surface area contributed by atoms with Crippen molar-refractivity contribution in [2.24, 2.45) is 0 Å². The van der Waals surface area contributed by atoms with Gasteiger partial charge in [0, 0.05) is 7.05 Å². The third-order valence-electron chi connectivity index (χ3n) is 5.32. The number of benzene rings is 2. The van der Waals surface area contributed by atoms with Crippen molar-refractivity contribution < 1.29 is 14.0 Å². The number of carbonyl (C=O) groups is 2. The molecule has 2 aliphatic rings. The van der Waals surface area contributed by atoms with Gasteiger partial charge < -0.3 is 10.2 Å². The molecule has 2 atom stereocenters. The van der Waals surface area contributed by atoms with Gasteiger partial charge in [-0.25, -0.2) is 9.18 Å². The minimum Gasteiger partial charge on any atom is -0.327 e. The van der Waals surface area contributed by atoms with E-state index >= 15 is 0 Å². The summed E-state index contributed by atoms with van der Waals surface area (Å²) in [4.78, 5) is 28.9. The third-order valence-corrected chi connectivity index (χ3v) is 5.32. The first-order valence-electron chi connectivity index (χ1n) is 8.86. The molecule has 1 N–H and O–H groups in total. The zero-order chi connectivity index (χ0) is 19.1. The van der Waals surface area contributed by atoms with Gasteiger partial charge in [-0.3, -0.25) is 9.69 Å². The standard InChI is InChI=1S/C21H20FN3O2/c1-13(14-7-4-3-5-8-14)25-12-17-18(20(25)26)19(23-21(27)24(17)2)15-9-6-10-16(22)11-15/h3-11,13,19H,12H2,1-2H3,(H,23,27)/t13-,19-/m1/s1. The van der Waals surface area contributed by atoms with Crippen LogP contribution in [-0.2, 0) is 4.79 Å². The molecule has 0 saturated carbocycles. The van der Waals surface area contributed by atoms with Crippen molar-refractivity contribution in [3.8, 4) is 0 Å². The highest BCUT2D eigenvalue weighted by atomic mass is 19.1. The Labute approximate surface area is 157 Å². The van der Waals surface area contributed by atoms with Crippen molar-refractivity contribution in [1.82, 2.24) is 15.1 Å². The second-order valence-corrected chi connectivity index (χ2v) is 6.88. The van der Waals surface area contributed by atoms with Crippen LogP contribution in [-0.4, -0.2) is 35.3 Å². The maximum atomic E-state index is 13.7. The number of nitrogens with zero attached hydrogens (tertiary/aromatic N) is 2. The number of amides is 3. The quantitative estimate of drug-likeness (QED) is 0.907. The molecule has 6 heteroatoms. The Hall–Kier alpha value is -3.15. The average molecular weight is 365 g/mol. The molecule has 2 heterocycles. The maximum absolute atomic E-state index is 13.7. The van der Waals surface area contributed by atoms with Crippen molar-refractivity contribution in [1.29, 1.82) is 0 Å². The summed E-state index contributed by atoms with van der Waals surface area (Å²) in [7, 11) is 1.65. The number of hydrogen-bond donors (Lipinski definition) is 1. The van der Waals surface area contributed by atoms with Crippen molar-refractivity contribution in [2.45, 2.75) is 19.0 Å². The lowest BCUT2D eigenvalue weighted by atomic mass is 9.95. The smallest absolute Gasteiger partial charge is 0.322 e. The van der Waals surface area contributed by atoms with Gasteiger partial charge in [-0.1, -0.05) is 42.5 Å². The first-order valence-corrected chi connectivity index (χ1v) is 8.86. The van der Waals surface area contributed by atoms with E-state index in [1.54, 1.807) is 24.1 Å². The highest BCUT2D eigenvalue weighted by Gasteiger charge is 2.44. The van der Waals surface area contributed by atoms with Crippen molar-refractivity contribution in [3.05, 3.63) is 82.8 Å². The lowest BCUT2D eigenvalue weighted by Gasteiger charge is -2.31. The van der Waals surface area contributed by atoms with E-state index in [1.165, 1.54) is 17.0 Å². The Bertz CT molecular complexity index is 941. The monoisotopic (exact) mass is 365 g/mol. The second-order valence-electron chi connectivity index (χ2n) is 6.88. The van der Waals surface area contributed by atoms with Crippen LogP contribution in [0.2, 0.25) is 0 Å². The normalized spacial score (nSPS) is 20.6. The topological polar surface area (TPSA) is 52.7 Å². The van der Waals surface area contributed by atoms with Crippen LogP contribution in [0.1, 0.15) is 30.1 Å². The van der Waals surface area contributed by atoms with E-state index < -0.39 is 11.9 Å². The lowest BCUT2D eigenvalue weighted by Crippen LogP contribution is -2.45. The van der Waals surface area contributed by atoms with E-state index in [2.05, 4.69) is 5.32 Å². The van der Waals surface area contributed by atoms with E-state index in [9.17, 15) is 14.0 Å². The summed E-state index contributed by atoms with van der Waals surface area (Å²) in [6.07, 6.45) is 0. The number of carbonyl (C=O) groups excluding carboxylic acids is 2. The molecule has 0 fully saturated rings. The molecule has 0 radical (unpaired) electrons. The number of hydrogen-bond acceptors (Lipinski definition) is 2. The fraction of sp³-hybridized carbons (Fsp3) is 0.238. The largest absolute Gasteiger partial charge is 0.327 e. The zero-order valence-electron chi connectivity index (χ0n) is 15.1. The SMILES string of the molecule is C[C@H](c1ccccc1)N1CC2=C(C1=O)[C@@H](c1cccc(F)c1)NC(=O)N2C. The fourth-order valence-electron chi connectivity index (χ4n) is 3.75. The van der Waals surface area contributed by atoms with Gasteiger partial charge in [0.05, 0.1) is 29.9 Å².